The summed E-state index contributed by atoms with van der Waals surface area (Å²) < 4.78 is 0. The fourth-order valence-corrected chi connectivity index (χ4v) is 2.68. The third-order valence-electron chi connectivity index (χ3n) is 3.75. The highest BCUT2D eigenvalue weighted by Crippen LogP contribution is 2.32. The predicted octanol–water partition coefficient (Wildman–Crippen LogP) is 0.491. The van der Waals surface area contributed by atoms with Crippen LogP contribution in [0.5, 0.6) is 0 Å². The van der Waals surface area contributed by atoms with Crippen molar-refractivity contribution in [3.63, 3.8) is 0 Å². The Labute approximate surface area is 92.1 Å². The molecule has 2 rings (SSSR count). The number of hydrogen-bond donors (Lipinski definition) is 1. The van der Waals surface area contributed by atoms with E-state index in [1.165, 1.54) is 25.9 Å². The van der Waals surface area contributed by atoms with Gasteiger partial charge in [0, 0.05) is 19.6 Å². The molecule has 0 aromatic rings. The van der Waals surface area contributed by atoms with Gasteiger partial charge in [-0.3, -0.25) is 4.99 Å². The number of aliphatic imine (C=N–C) groups is 1. The lowest BCUT2D eigenvalue weighted by Crippen LogP contribution is -2.56. The van der Waals surface area contributed by atoms with Gasteiger partial charge >= 0.3 is 0 Å². The van der Waals surface area contributed by atoms with Gasteiger partial charge in [0.2, 0.25) is 0 Å². The van der Waals surface area contributed by atoms with E-state index in [4.69, 9.17) is 5.73 Å². The van der Waals surface area contributed by atoms with Crippen LogP contribution in [0.4, 0.5) is 0 Å². The summed E-state index contributed by atoms with van der Waals surface area (Å²) in [6, 6.07) is 0. The van der Waals surface area contributed by atoms with E-state index in [-0.39, 0.29) is 5.54 Å². The molecule has 1 saturated heterocycles. The Hall–Kier alpha value is -0.770. The number of nitrogens with two attached hydrogens (primary N) is 1. The van der Waals surface area contributed by atoms with Crippen LogP contribution in [0.1, 0.15) is 26.2 Å². The summed E-state index contributed by atoms with van der Waals surface area (Å²) in [6.07, 6.45) is 3.55. The van der Waals surface area contributed by atoms with Gasteiger partial charge in [0.1, 0.15) is 0 Å². The Morgan fingerprint density at radius 2 is 2.07 bits per heavy atom. The molecule has 0 unspecified atom stereocenters. The van der Waals surface area contributed by atoms with E-state index in [0.29, 0.717) is 0 Å². The van der Waals surface area contributed by atoms with Gasteiger partial charge in [-0.15, -0.1) is 0 Å². The zero-order valence-corrected chi connectivity index (χ0v) is 9.87. The zero-order valence-electron chi connectivity index (χ0n) is 9.87. The van der Waals surface area contributed by atoms with Crippen molar-refractivity contribution in [2.75, 3.05) is 33.2 Å². The highest BCUT2D eigenvalue weighted by atomic mass is 15.4. The van der Waals surface area contributed by atoms with Crippen LogP contribution < -0.4 is 5.73 Å². The molecule has 0 amide bonds. The summed E-state index contributed by atoms with van der Waals surface area (Å²) in [5.74, 6) is 0.765. The Morgan fingerprint density at radius 3 is 2.67 bits per heavy atom. The molecule has 0 atom stereocenters. The Bertz CT molecular complexity index is 253. The molecule has 0 aliphatic carbocycles. The molecule has 2 heterocycles. The molecule has 2 aliphatic rings. The number of hydrogen-bond acceptors (Lipinski definition) is 4. The van der Waals surface area contributed by atoms with Crippen LogP contribution >= 0.6 is 0 Å². The number of rotatable bonds is 2. The molecule has 1 fully saturated rings. The van der Waals surface area contributed by atoms with Crippen LogP contribution in [0.25, 0.3) is 0 Å². The lowest BCUT2D eigenvalue weighted by Gasteiger charge is -2.44. The summed E-state index contributed by atoms with van der Waals surface area (Å²) in [7, 11) is 2.19. The van der Waals surface area contributed by atoms with E-state index >= 15 is 0 Å². The minimum atomic E-state index is 0.257. The highest BCUT2D eigenvalue weighted by molar-refractivity contribution is 5.81. The van der Waals surface area contributed by atoms with E-state index in [0.717, 1.165) is 25.5 Å². The normalized spacial score (nSPS) is 26.0. The number of piperidine rings is 1. The average Bonchev–Trinajstić information content (AvgIpc) is 2.53. The van der Waals surface area contributed by atoms with E-state index in [9.17, 15) is 0 Å². The molecule has 15 heavy (non-hydrogen) atoms. The second kappa shape index (κ2) is 4.00. The third kappa shape index (κ3) is 1.83. The molecule has 0 bridgehead atoms. The molecule has 2 N–H and O–H groups in total. The summed E-state index contributed by atoms with van der Waals surface area (Å²) >= 11 is 0. The first kappa shape index (κ1) is 10.7. The van der Waals surface area contributed by atoms with E-state index in [1.54, 1.807) is 0 Å². The molecule has 0 aromatic carbocycles. The largest absolute Gasteiger partial charge is 0.370 e. The molecule has 1 spiro atoms. The molecule has 4 heteroatoms. The average molecular weight is 210 g/mol. The molecule has 0 saturated carbocycles. The summed E-state index contributed by atoms with van der Waals surface area (Å²) in [5.41, 5.74) is 6.22. The number of guanidine groups is 1. The van der Waals surface area contributed by atoms with Gasteiger partial charge < -0.3 is 15.5 Å². The van der Waals surface area contributed by atoms with Gasteiger partial charge in [-0.05, 0) is 26.3 Å². The van der Waals surface area contributed by atoms with Crippen molar-refractivity contribution in [1.82, 2.24) is 9.80 Å². The van der Waals surface area contributed by atoms with Gasteiger partial charge in [0.25, 0.3) is 0 Å². The van der Waals surface area contributed by atoms with Gasteiger partial charge in [0.05, 0.1) is 12.1 Å². The monoisotopic (exact) mass is 210 g/mol. The third-order valence-corrected chi connectivity index (χ3v) is 3.75. The van der Waals surface area contributed by atoms with Crippen molar-refractivity contribution in [2.24, 2.45) is 10.7 Å². The minimum Gasteiger partial charge on any atom is -0.370 e. The fourth-order valence-electron chi connectivity index (χ4n) is 2.68. The first-order valence-electron chi connectivity index (χ1n) is 5.94. The topological polar surface area (TPSA) is 44.9 Å². The highest BCUT2D eigenvalue weighted by Gasteiger charge is 2.43. The van der Waals surface area contributed by atoms with Gasteiger partial charge in [-0.25, -0.2) is 0 Å². The summed E-state index contributed by atoms with van der Waals surface area (Å²) in [5, 5.41) is 0. The smallest absolute Gasteiger partial charge is 0.191 e. The number of likely N-dealkylation sites (tertiary alicyclic amines) is 1. The fraction of sp³-hybridized carbons (Fsp3) is 0.909. The quantitative estimate of drug-likeness (QED) is 0.721. The maximum absolute atomic E-state index is 5.97. The predicted molar refractivity (Wildman–Crippen MR) is 62.9 cm³/mol. The number of nitrogens with zero attached hydrogens (tertiary/aromatic N) is 3. The van der Waals surface area contributed by atoms with E-state index in [2.05, 4.69) is 28.8 Å². The Kier molecular flexibility index (Phi) is 2.87. The molecular formula is C11H22N4. The van der Waals surface area contributed by atoms with Gasteiger partial charge in [-0.1, -0.05) is 6.92 Å². The Morgan fingerprint density at radius 1 is 1.40 bits per heavy atom. The second-order valence-electron chi connectivity index (χ2n) is 4.85. The second-order valence-corrected chi connectivity index (χ2v) is 4.85. The maximum Gasteiger partial charge on any atom is 0.191 e. The van der Waals surface area contributed by atoms with Crippen LogP contribution in [-0.2, 0) is 0 Å². The van der Waals surface area contributed by atoms with Crippen LogP contribution in [-0.4, -0.2) is 54.5 Å². The van der Waals surface area contributed by atoms with Crippen LogP contribution in [0.2, 0.25) is 0 Å². The maximum atomic E-state index is 5.97. The van der Waals surface area contributed by atoms with Crippen molar-refractivity contribution in [2.45, 2.75) is 31.7 Å². The van der Waals surface area contributed by atoms with Crippen molar-refractivity contribution in [1.29, 1.82) is 0 Å². The summed E-state index contributed by atoms with van der Waals surface area (Å²) in [6.45, 7) is 6.51. The molecule has 0 aromatic heterocycles. The SMILES string of the molecule is CCCN1C(N)=NCC12CCN(C)CC2. The van der Waals surface area contributed by atoms with Crippen LogP contribution in [0, 0.1) is 0 Å². The summed E-state index contributed by atoms with van der Waals surface area (Å²) in [4.78, 5) is 9.18. The zero-order chi connectivity index (χ0) is 10.9. The van der Waals surface area contributed by atoms with E-state index in [1.807, 2.05) is 0 Å². The van der Waals surface area contributed by atoms with Crippen molar-refractivity contribution >= 4 is 5.96 Å². The van der Waals surface area contributed by atoms with Crippen molar-refractivity contribution < 1.29 is 0 Å². The van der Waals surface area contributed by atoms with Crippen molar-refractivity contribution in [3.8, 4) is 0 Å². The van der Waals surface area contributed by atoms with Gasteiger partial charge in [-0.2, -0.15) is 0 Å². The molecule has 0 radical (unpaired) electrons. The molecular weight excluding hydrogens is 188 g/mol. The van der Waals surface area contributed by atoms with Gasteiger partial charge in [0.15, 0.2) is 5.96 Å². The van der Waals surface area contributed by atoms with Crippen molar-refractivity contribution in [3.05, 3.63) is 0 Å². The first-order valence-corrected chi connectivity index (χ1v) is 5.94. The minimum absolute atomic E-state index is 0.257. The van der Waals surface area contributed by atoms with Crippen LogP contribution in [0.15, 0.2) is 4.99 Å². The van der Waals surface area contributed by atoms with Crippen LogP contribution in [0.3, 0.4) is 0 Å². The molecule has 86 valence electrons. The first-order chi connectivity index (χ1) is 7.18. The lowest BCUT2D eigenvalue weighted by atomic mass is 9.86. The molecule has 2 aliphatic heterocycles. The standard InChI is InChI=1S/C11H22N4/c1-3-6-15-10(12)13-9-11(15)4-7-14(2)8-5-11/h3-9H2,1-2H3,(H2,12,13). The Balaban J connectivity index is 2.08. The van der Waals surface area contributed by atoms with E-state index < -0.39 is 0 Å². The molecule has 4 nitrogen and oxygen atoms in total. The lowest BCUT2D eigenvalue weighted by molar-refractivity contribution is 0.0991.